The number of carbonyl (C=O) groups excluding carboxylic acids is 1. The van der Waals surface area contributed by atoms with Crippen LogP contribution in [-0.2, 0) is 11.3 Å². The largest absolute Gasteiger partial charge is 0.322 e. The van der Waals surface area contributed by atoms with E-state index in [4.69, 9.17) is 11.6 Å². The zero-order chi connectivity index (χ0) is 16.7. The molecule has 0 aliphatic heterocycles. The first-order valence-corrected chi connectivity index (χ1v) is 7.44. The van der Waals surface area contributed by atoms with Crippen molar-refractivity contribution in [3.63, 3.8) is 0 Å². The van der Waals surface area contributed by atoms with Crippen molar-refractivity contribution in [2.45, 2.75) is 6.54 Å². The van der Waals surface area contributed by atoms with Gasteiger partial charge in [-0.15, -0.1) is 6.58 Å². The van der Waals surface area contributed by atoms with Crippen LogP contribution in [-0.4, -0.2) is 28.9 Å². The molecule has 1 N–H and O–H groups in total. The Balaban J connectivity index is 1.98. The molecular formula is C17H17ClFN3O. The van der Waals surface area contributed by atoms with Gasteiger partial charge in [-0.25, -0.2) is 4.39 Å². The molecule has 0 fully saturated rings. The Morgan fingerprint density at radius 2 is 2.22 bits per heavy atom. The minimum atomic E-state index is -0.564. The lowest BCUT2D eigenvalue weighted by Gasteiger charge is -2.19. The van der Waals surface area contributed by atoms with E-state index in [1.54, 1.807) is 12.3 Å². The molecule has 1 aromatic heterocycles. The summed E-state index contributed by atoms with van der Waals surface area (Å²) >= 11 is 5.69. The Kier molecular flexibility index (Phi) is 6.26. The minimum Gasteiger partial charge on any atom is -0.322 e. The predicted octanol–water partition coefficient (Wildman–Crippen LogP) is 3.50. The van der Waals surface area contributed by atoms with E-state index in [0.29, 0.717) is 13.1 Å². The van der Waals surface area contributed by atoms with Gasteiger partial charge < -0.3 is 5.32 Å². The molecule has 0 aliphatic rings. The molecule has 2 rings (SSSR count). The third kappa shape index (κ3) is 5.47. The minimum absolute atomic E-state index is 0.102. The molecule has 6 heteroatoms. The number of pyridine rings is 1. The van der Waals surface area contributed by atoms with Crippen LogP contribution in [0.3, 0.4) is 0 Å². The van der Waals surface area contributed by atoms with Crippen LogP contribution in [0.1, 0.15) is 5.69 Å². The highest BCUT2D eigenvalue weighted by molar-refractivity contribution is 6.30. The maximum absolute atomic E-state index is 13.7. The van der Waals surface area contributed by atoms with E-state index in [-0.39, 0.29) is 23.2 Å². The number of hydrogen-bond donors (Lipinski definition) is 1. The molecule has 4 nitrogen and oxygen atoms in total. The average molecular weight is 334 g/mol. The number of nitrogens with zero attached hydrogens (tertiary/aromatic N) is 2. The van der Waals surface area contributed by atoms with Gasteiger partial charge >= 0.3 is 0 Å². The fraction of sp³-hybridized carbons (Fsp3) is 0.176. The lowest BCUT2D eigenvalue weighted by atomic mass is 10.3. The molecule has 0 unspecified atom stereocenters. The second-order valence-electron chi connectivity index (χ2n) is 4.95. The molecule has 1 aromatic carbocycles. The van der Waals surface area contributed by atoms with Crippen LogP contribution < -0.4 is 5.32 Å². The Bertz CT molecular complexity index is 679. The van der Waals surface area contributed by atoms with Gasteiger partial charge in [-0.3, -0.25) is 14.7 Å². The maximum atomic E-state index is 13.7. The summed E-state index contributed by atoms with van der Waals surface area (Å²) in [5, 5.41) is 2.82. The summed E-state index contributed by atoms with van der Waals surface area (Å²) in [6.07, 6.45) is 3.41. The number of nitrogens with one attached hydrogen (secondary N) is 1. The van der Waals surface area contributed by atoms with Crippen LogP contribution >= 0.6 is 11.6 Å². The van der Waals surface area contributed by atoms with E-state index in [0.717, 1.165) is 11.8 Å². The van der Waals surface area contributed by atoms with Gasteiger partial charge in [-0.05, 0) is 30.3 Å². The zero-order valence-corrected chi connectivity index (χ0v) is 13.3. The molecule has 0 saturated heterocycles. The number of carbonyl (C=O) groups is 1. The standard InChI is InChI=1S/C17H17ClFN3O/c1-2-9-22(11-14-5-3-4-8-20-14)12-17(23)21-16-7-6-13(18)10-15(16)19/h2-8,10H,1,9,11-12H2,(H,21,23). The van der Waals surface area contributed by atoms with E-state index in [1.165, 1.54) is 12.1 Å². The Morgan fingerprint density at radius 3 is 2.87 bits per heavy atom. The number of amides is 1. The Morgan fingerprint density at radius 1 is 1.39 bits per heavy atom. The summed E-state index contributed by atoms with van der Waals surface area (Å²) in [5.74, 6) is -0.880. The van der Waals surface area contributed by atoms with Crippen molar-refractivity contribution in [2.24, 2.45) is 0 Å². The monoisotopic (exact) mass is 333 g/mol. The quantitative estimate of drug-likeness (QED) is 0.789. The van der Waals surface area contributed by atoms with Crippen LogP contribution in [0.4, 0.5) is 10.1 Å². The third-order valence-corrected chi connectivity index (χ3v) is 3.31. The SMILES string of the molecule is C=CCN(CC(=O)Nc1ccc(Cl)cc1F)Cc1ccccn1. The van der Waals surface area contributed by atoms with Crippen LogP contribution in [0.2, 0.25) is 5.02 Å². The van der Waals surface area contributed by atoms with Gasteiger partial charge in [0, 0.05) is 24.3 Å². The van der Waals surface area contributed by atoms with Crippen molar-refractivity contribution in [3.8, 4) is 0 Å². The van der Waals surface area contributed by atoms with Crippen LogP contribution in [0, 0.1) is 5.82 Å². The van der Waals surface area contributed by atoms with Crippen LogP contribution in [0.15, 0.2) is 55.3 Å². The first-order valence-electron chi connectivity index (χ1n) is 7.06. The number of anilines is 1. The van der Waals surface area contributed by atoms with Crippen molar-refractivity contribution in [1.82, 2.24) is 9.88 Å². The molecule has 0 spiro atoms. The van der Waals surface area contributed by atoms with E-state index >= 15 is 0 Å². The number of aromatic nitrogens is 1. The zero-order valence-electron chi connectivity index (χ0n) is 12.5. The number of halogens is 2. The predicted molar refractivity (Wildman–Crippen MR) is 89.8 cm³/mol. The number of benzene rings is 1. The highest BCUT2D eigenvalue weighted by Crippen LogP contribution is 2.18. The van der Waals surface area contributed by atoms with E-state index in [9.17, 15) is 9.18 Å². The van der Waals surface area contributed by atoms with Crippen molar-refractivity contribution < 1.29 is 9.18 Å². The average Bonchev–Trinajstić information content (AvgIpc) is 2.51. The fourth-order valence-corrected chi connectivity index (χ4v) is 2.23. The fourth-order valence-electron chi connectivity index (χ4n) is 2.07. The summed E-state index contributed by atoms with van der Waals surface area (Å²) in [6.45, 7) is 4.81. The van der Waals surface area contributed by atoms with Crippen molar-refractivity contribution in [2.75, 3.05) is 18.4 Å². The summed E-state index contributed by atoms with van der Waals surface area (Å²) in [5.41, 5.74) is 0.954. The van der Waals surface area contributed by atoms with E-state index in [2.05, 4.69) is 16.9 Å². The molecule has 0 bridgehead atoms. The lowest BCUT2D eigenvalue weighted by molar-refractivity contribution is -0.117. The summed E-state index contributed by atoms with van der Waals surface area (Å²) < 4.78 is 13.7. The number of rotatable bonds is 7. The highest BCUT2D eigenvalue weighted by Gasteiger charge is 2.13. The van der Waals surface area contributed by atoms with Crippen LogP contribution in [0.5, 0.6) is 0 Å². The van der Waals surface area contributed by atoms with Gasteiger partial charge in [-0.1, -0.05) is 23.7 Å². The van der Waals surface area contributed by atoms with Crippen molar-refractivity contribution in [1.29, 1.82) is 0 Å². The third-order valence-electron chi connectivity index (χ3n) is 3.07. The van der Waals surface area contributed by atoms with Gasteiger partial charge in [0.25, 0.3) is 0 Å². The molecule has 0 aliphatic carbocycles. The first kappa shape index (κ1) is 17.1. The molecule has 0 atom stereocenters. The first-order chi connectivity index (χ1) is 11.1. The number of hydrogen-bond acceptors (Lipinski definition) is 3. The topological polar surface area (TPSA) is 45.2 Å². The van der Waals surface area contributed by atoms with E-state index in [1.807, 2.05) is 23.1 Å². The molecular weight excluding hydrogens is 317 g/mol. The lowest BCUT2D eigenvalue weighted by Crippen LogP contribution is -2.33. The summed E-state index contributed by atoms with van der Waals surface area (Å²) in [4.78, 5) is 18.2. The maximum Gasteiger partial charge on any atom is 0.238 e. The molecule has 0 radical (unpaired) electrons. The molecule has 0 saturated carbocycles. The molecule has 120 valence electrons. The van der Waals surface area contributed by atoms with E-state index < -0.39 is 5.82 Å². The van der Waals surface area contributed by atoms with Gasteiger partial charge in [-0.2, -0.15) is 0 Å². The van der Waals surface area contributed by atoms with Crippen molar-refractivity contribution in [3.05, 3.63) is 71.8 Å². The Hall–Kier alpha value is -2.24. The normalized spacial score (nSPS) is 10.6. The van der Waals surface area contributed by atoms with Crippen LogP contribution in [0.25, 0.3) is 0 Å². The Labute approximate surface area is 139 Å². The highest BCUT2D eigenvalue weighted by atomic mass is 35.5. The van der Waals surface area contributed by atoms with Gasteiger partial charge in [0.15, 0.2) is 0 Å². The van der Waals surface area contributed by atoms with Gasteiger partial charge in [0.05, 0.1) is 17.9 Å². The van der Waals surface area contributed by atoms with Gasteiger partial charge in [0.2, 0.25) is 5.91 Å². The van der Waals surface area contributed by atoms with Gasteiger partial charge in [0.1, 0.15) is 5.82 Å². The molecule has 1 heterocycles. The van der Waals surface area contributed by atoms with Crippen molar-refractivity contribution >= 4 is 23.2 Å². The second kappa shape index (κ2) is 8.41. The molecule has 1 amide bonds. The summed E-state index contributed by atoms with van der Waals surface area (Å²) in [6, 6.07) is 9.72. The summed E-state index contributed by atoms with van der Waals surface area (Å²) in [7, 11) is 0. The molecule has 23 heavy (non-hydrogen) atoms. The molecule has 2 aromatic rings. The second-order valence-corrected chi connectivity index (χ2v) is 5.39. The smallest absolute Gasteiger partial charge is 0.238 e.